The summed E-state index contributed by atoms with van der Waals surface area (Å²) in [7, 11) is 0. The number of aliphatic hydroxyl groups is 1. The summed E-state index contributed by atoms with van der Waals surface area (Å²) in [6, 6.07) is 11.5. The number of fused-ring (bicyclic) bond motifs is 3. The fraction of sp³-hybridized carbons (Fsp3) is 0.586. The molecule has 4 aliphatic carbocycles. The molecule has 0 spiro atoms. The van der Waals surface area contributed by atoms with Crippen LogP contribution >= 0.6 is 0 Å². The smallest absolute Gasteiger partial charge is 0.272 e. The van der Waals surface area contributed by atoms with Gasteiger partial charge in [-0.25, -0.2) is 8.78 Å². The van der Waals surface area contributed by atoms with Crippen LogP contribution in [0.3, 0.4) is 0 Å². The fourth-order valence-corrected chi connectivity index (χ4v) is 6.68. The van der Waals surface area contributed by atoms with Crippen LogP contribution in [0.5, 0.6) is 0 Å². The summed E-state index contributed by atoms with van der Waals surface area (Å²) in [5.41, 5.74) is 2.23. The van der Waals surface area contributed by atoms with E-state index in [0.29, 0.717) is 19.4 Å². The molecule has 4 fully saturated rings. The zero-order valence-electron chi connectivity index (χ0n) is 21.0. The summed E-state index contributed by atoms with van der Waals surface area (Å²) >= 11 is 0. The number of nitrogens with zero attached hydrogens (tertiary/aromatic N) is 2. The highest BCUT2D eigenvalue weighted by atomic mass is 19.3. The van der Waals surface area contributed by atoms with E-state index in [-0.39, 0.29) is 28.2 Å². The lowest BCUT2D eigenvalue weighted by atomic mass is 9.52. The average Bonchev–Trinajstić information content (AvgIpc) is 2.81. The molecule has 4 saturated carbocycles. The molecule has 4 aliphatic rings. The van der Waals surface area contributed by atoms with Crippen molar-refractivity contribution in [3.05, 3.63) is 59.4 Å². The maximum absolute atomic E-state index is 13.7. The van der Waals surface area contributed by atoms with Crippen molar-refractivity contribution in [3.8, 4) is 0 Å². The van der Waals surface area contributed by atoms with Crippen LogP contribution in [0.2, 0.25) is 0 Å². The number of carbonyl (C=O) groups is 1. The first-order chi connectivity index (χ1) is 16.4. The van der Waals surface area contributed by atoms with Gasteiger partial charge < -0.3 is 10.0 Å². The average molecular weight is 483 g/mol. The van der Waals surface area contributed by atoms with Crippen LogP contribution < -0.4 is 4.90 Å². The second kappa shape index (κ2) is 8.36. The third-order valence-electron chi connectivity index (χ3n) is 9.01. The number of benzene rings is 1. The monoisotopic (exact) mass is 482 g/mol. The number of aromatic nitrogens is 1. The summed E-state index contributed by atoms with van der Waals surface area (Å²) in [5.74, 6) is -2.89. The minimum absolute atomic E-state index is 0.0408. The molecular weight excluding hydrogens is 446 g/mol. The largest absolute Gasteiger partial charge is 0.390 e. The molecule has 0 aliphatic heterocycles. The molecule has 2 aromatic rings. The molecule has 1 aromatic heterocycles. The molecule has 0 unspecified atom stereocenters. The first-order valence-corrected chi connectivity index (χ1v) is 12.9. The third-order valence-corrected chi connectivity index (χ3v) is 9.01. The van der Waals surface area contributed by atoms with Crippen molar-refractivity contribution >= 4 is 11.6 Å². The fourth-order valence-electron chi connectivity index (χ4n) is 6.68. The van der Waals surface area contributed by atoms with Crippen molar-refractivity contribution in [2.24, 2.45) is 11.3 Å². The number of halogens is 2. The molecule has 2 bridgehead atoms. The van der Waals surface area contributed by atoms with Crippen molar-refractivity contribution < 1.29 is 18.7 Å². The quantitative estimate of drug-likeness (QED) is 0.527. The highest BCUT2D eigenvalue weighted by Gasteiger charge is 2.52. The zero-order valence-corrected chi connectivity index (χ0v) is 21.0. The molecule has 6 rings (SSSR count). The number of anilines is 1. The van der Waals surface area contributed by atoms with Crippen molar-refractivity contribution in [2.75, 3.05) is 11.4 Å². The maximum atomic E-state index is 13.7. The van der Waals surface area contributed by atoms with Crippen molar-refractivity contribution in [1.29, 1.82) is 0 Å². The molecular formula is C29H36F2N2O2. The van der Waals surface area contributed by atoms with Gasteiger partial charge in [0.25, 0.3) is 5.92 Å². The van der Waals surface area contributed by atoms with Crippen LogP contribution in [0.1, 0.15) is 82.0 Å². The number of hydrogen-bond donors (Lipinski definition) is 1. The Hall–Kier alpha value is -2.34. The first kappa shape index (κ1) is 24.4. The molecule has 6 heteroatoms. The van der Waals surface area contributed by atoms with Gasteiger partial charge in [-0.1, -0.05) is 12.1 Å². The van der Waals surface area contributed by atoms with Gasteiger partial charge in [0.05, 0.1) is 5.60 Å². The number of rotatable bonds is 6. The summed E-state index contributed by atoms with van der Waals surface area (Å²) in [6.07, 6.45) is 8.27. The van der Waals surface area contributed by atoms with Crippen LogP contribution in [-0.2, 0) is 16.1 Å². The number of amides is 1. The number of aryl methyl sites for hydroxylation is 1. The van der Waals surface area contributed by atoms with Crippen LogP contribution in [-0.4, -0.2) is 28.1 Å². The lowest BCUT2D eigenvalue weighted by Gasteiger charge is -2.55. The Balaban J connectivity index is 1.34. The zero-order chi connectivity index (χ0) is 25.1. The van der Waals surface area contributed by atoms with Gasteiger partial charge in [0.1, 0.15) is 0 Å². The van der Waals surface area contributed by atoms with E-state index in [0.717, 1.165) is 62.4 Å². The van der Waals surface area contributed by atoms with E-state index in [9.17, 15) is 18.7 Å². The van der Waals surface area contributed by atoms with Crippen LogP contribution in [0.25, 0.3) is 0 Å². The molecule has 0 saturated heterocycles. The lowest BCUT2D eigenvalue weighted by molar-refractivity contribution is -0.137. The van der Waals surface area contributed by atoms with E-state index in [4.69, 9.17) is 0 Å². The summed E-state index contributed by atoms with van der Waals surface area (Å²) < 4.78 is 27.3. The van der Waals surface area contributed by atoms with Crippen LogP contribution in [0.4, 0.5) is 14.5 Å². The SMILES string of the molecule is Cc1cccc(N(CC23CCC(c4ccc(C(C)(F)F)cn4)(CC2)CC3)C(=O)C2CC(C)(O)C2)c1. The summed E-state index contributed by atoms with van der Waals surface area (Å²) in [5, 5.41) is 10.2. The van der Waals surface area contributed by atoms with E-state index < -0.39 is 11.5 Å². The molecule has 1 heterocycles. The predicted octanol–water partition coefficient (Wildman–Crippen LogP) is 6.29. The maximum Gasteiger partial charge on any atom is 0.272 e. The second-order valence-electron chi connectivity index (χ2n) is 12.0. The minimum atomic E-state index is -2.88. The first-order valence-electron chi connectivity index (χ1n) is 12.9. The Morgan fingerprint density at radius 3 is 2.29 bits per heavy atom. The van der Waals surface area contributed by atoms with E-state index in [1.807, 2.05) is 30.0 Å². The molecule has 0 radical (unpaired) electrons. The van der Waals surface area contributed by atoms with Gasteiger partial charge in [0, 0.05) is 47.9 Å². The van der Waals surface area contributed by atoms with Gasteiger partial charge in [-0.3, -0.25) is 9.78 Å². The Bertz CT molecular complexity index is 1070. The molecule has 0 atom stereocenters. The Labute approximate surface area is 206 Å². The van der Waals surface area contributed by atoms with Gasteiger partial charge in [-0.15, -0.1) is 0 Å². The number of hydrogen-bond acceptors (Lipinski definition) is 3. The van der Waals surface area contributed by atoms with Gasteiger partial charge in [0.2, 0.25) is 5.91 Å². The molecule has 1 amide bonds. The number of carbonyl (C=O) groups excluding carboxylic acids is 1. The van der Waals surface area contributed by atoms with E-state index in [1.165, 1.54) is 12.3 Å². The molecule has 188 valence electrons. The topological polar surface area (TPSA) is 53.4 Å². The lowest BCUT2D eigenvalue weighted by Crippen LogP contribution is -2.54. The number of pyridine rings is 1. The predicted molar refractivity (Wildman–Crippen MR) is 132 cm³/mol. The van der Waals surface area contributed by atoms with E-state index in [1.54, 1.807) is 13.0 Å². The summed E-state index contributed by atoms with van der Waals surface area (Å²) in [6.45, 7) is 5.44. The van der Waals surface area contributed by atoms with Gasteiger partial charge in [-0.2, -0.15) is 0 Å². The standard InChI is InChI=1S/C29H36F2N2O2/c1-20-5-4-6-23(15-20)33(25(34)21-16-26(2,35)17-21)19-28-9-12-29(13-10-28,14-11-28)24-8-7-22(18-32-24)27(3,30)31/h4-8,15,18,21,35H,9-14,16-17,19H2,1-3H3. The summed E-state index contributed by atoms with van der Waals surface area (Å²) in [4.78, 5) is 20.1. The minimum Gasteiger partial charge on any atom is -0.390 e. The molecule has 4 nitrogen and oxygen atoms in total. The van der Waals surface area contributed by atoms with E-state index in [2.05, 4.69) is 11.1 Å². The Kier molecular flexibility index (Phi) is 5.82. The van der Waals surface area contributed by atoms with Gasteiger partial charge in [0.15, 0.2) is 0 Å². The van der Waals surface area contributed by atoms with E-state index >= 15 is 0 Å². The normalized spacial score (nSPS) is 32.2. The number of alkyl halides is 2. The third kappa shape index (κ3) is 4.62. The highest BCUT2D eigenvalue weighted by molar-refractivity contribution is 5.96. The van der Waals surface area contributed by atoms with Crippen molar-refractivity contribution in [2.45, 2.75) is 89.1 Å². The van der Waals surface area contributed by atoms with Crippen molar-refractivity contribution in [1.82, 2.24) is 4.98 Å². The second-order valence-corrected chi connectivity index (χ2v) is 12.0. The highest BCUT2D eigenvalue weighted by Crippen LogP contribution is 2.58. The molecule has 1 N–H and O–H groups in total. The van der Waals surface area contributed by atoms with Crippen molar-refractivity contribution in [3.63, 3.8) is 0 Å². The van der Waals surface area contributed by atoms with Gasteiger partial charge >= 0.3 is 0 Å². The molecule has 1 aromatic carbocycles. The Morgan fingerprint density at radius 1 is 1.11 bits per heavy atom. The van der Waals surface area contributed by atoms with Crippen LogP contribution in [0.15, 0.2) is 42.6 Å². The Morgan fingerprint density at radius 2 is 1.77 bits per heavy atom. The van der Waals surface area contributed by atoms with Gasteiger partial charge in [-0.05, 0) is 100 Å². The van der Waals surface area contributed by atoms with Crippen LogP contribution in [0, 0.1) is 18.3 Å². The molecule has 35 heavy (non-hydrogen) atoms.